The largest absolute Gasteiger partial charge is 0.333 e. The molecule has 30 heavy (non-hydrogen) atoms. The van der Waals surface area contributed by atoms with Crippen molar-refractivity contribution in [1.29, 1.82) is 0 Å². The van der Waals surface area contributed by atoms with Gasteiger partial charge < -0.3 is 4.57 Å². The molecule has 0 bridgehead atoms. The van der Waals surface area contributed by atoms with E-state index in [0.717, 1.165) is 40.9 Å². The van der Waals surface area contributed by atoms with Gasteiger partial charge in [-0.3, -0.25) is 4.79 Å². The molecule has 0 aliphatic rings. The molecule has 0 amide bonds. The van der Waals surface area contributed by atoms with Crippen LogP contribution in [0.1, 0.15) is 27.0 Å². The van der Waals surface area contributed by atoms with Crippen LogP contribution in [-0.2, 0) is 13.0 Å². The smallest absolute Gasteiger partial charge is 0.173 e. The third kappa shape index (κ3) is 4.20. The number of halogens is 2. The average Bonchev–Trinajstić information content (AvgIpc) is 3.23. The van der Waals surface area contributed by atoms with Gasteiger partial charge >= 0.3 is 0 Å². The van der Waals surface area contributed by atoms with Crippen molar-refractivity contribution in [2.24, 2.45) is 0 Å². The van der Waals surface area contributed by atoms with Crippen LogP contribution in [0.4, 0.5) is 8.78 Å². The molecule has 3 nitrogen and oxygen atoms in total. The van der Waals surface area contributed by atoms with E-state index in [-0.39, 0.29) is 6.42 Å². The second kappa shape index (κ2) is 8.41. The Bertz CT molecular complexity index is 1160. The Balaban J connectivity index is 1.54. The van der Waals surface area contributed by atoms with Crippen molar-refractivity contribution in [3.63, 3.8) is 0 Å². The lowest BCUT2D eigenvalue weighted by Crippen LogP contribution is -2.09. The van der Waals surface area contributed by atoms with Gasteiger partial charge in [0.2, 0.25) is 0 Å². The number of nitrogens with zero attached hydrogens (tertiary/aromatic N) is 2. The maximum Gasteiger partial charge on any atom is 0.173 e. The Hall–Kier alpha value is -3.60. The molecule has 4 rings (SSSR count). The molecule has 0 N–H and O–H groups in total. The zero-order valence-electron chi connectivity index (χ0n) is 16.5. The topological polar surface area (TPSA) is 34.9 Å². The molecule has 0 radical (unpaired) electrons. The van der Waals surface area contributed by atoms with Crippen LogP contribution in [0.25, 0.3) is 11.1 Å². The van der Waals surface area contributed by atoms with E-state index in [2.05, 4.69) is 30.1 Å². The lowest BCUT2D eigenvalue weighted by Gasteiger charge is -2.11. The van der Waals surface area contributed by atoms with Gasteiger partial charge in [-0.1, -0.05) is 42.5 Å². The first-order valence-electron chi connectivity index (χ1n) is 9.63. The Labute approximate surface area is 173 Å². The summed E-state index contributed by atoms with van der Waals surface area (Å²) in [6.45, 7) is 2.78. The minimum atomic E-state index is -0.832. The van der Waals surface area contributed by atoms with E-state index < -0.39 is 23.0 Å². The van der Waals surface area contributed by atoms with Crippen LogP contribution >= 0.6 is 0 Å². The van der Waals surface area contributed by atoms with Gasteiger partial charge in [-0.15, -0.1) is 0 Å². The van der Waals surface area contributed by atoms with Crippen molar-refractivity contribution < 1.29 is 13.6 Å². The molecule has 0 unspecified atom stereocenters. The predicted molar refractivity (Wildman–Crippen MR) is 112 cm³/mol. The van der Waals surface area contributed by atoms with Crippen LogP contribution in [-0.4, -0.2) is 15.3 Å². The highest BCUT2D eigenvalue weighted by Gasteiger charge is 2.17. The van der Waals surface area contributed by atoms with Crippen molar-refractivity contribution in [3.05, 3.63) is 113 Å². The lowest BCUT2D eigenvalue weighted by atomic mass is 9.95. The molecule has 5 heteroatoms. The van der Waals surface area contributed by atoms with Gasteiger partial charge in [-0.2, -0.15) is 0 Å². The van der Waals surface area contributed by atoms with E-state index >= 15 is 0 Å². The first-order chi connectivity index (χ1) is 14.5. The fraction of sp³-hybridized carbons (Fsp3) is 0.120. The molecule has 1 heterocycles. The van der Waals surface area contributed by atoms with Crippen molar-refractivity contribution in [2.45, 2.75) is 19.9 Å². The maximum absolute atomic E-state index is 13.8. The van der Waals surface area contributed by atoms with Crippen LogP contribution in [0.15, 0.2) is 79.4 Å². The molecular formula is C25H20F2N2O. The van der Waals surface area contributed by atoms with Crippen molar-refractivity contribution in [3.8, 4) is 11.1 Å². The number of Topliss-reactive ketones (excluding diaryl/α,β-unsaturated/α-hetero) is 1. The Morgan fingerprint density at radius 3 is 2.33 bits per heavy atom. The van der Waals surface area contributed by atoms with E-state index in [4.69, 9.17) is 0 Å². The van der Waals surface area contributed by atoms with Gasteiger partial charge in [0.25, 0.3) is 0 Å². The molecule has 0 atom stereocenters. The van der Waals surface area contributed by atoms with E-state index in [1.54, 1.807) is 12.5 Å². The summed E-state index contributed by atoms with van der Waals surface area (Å²) in [5, 5.41) is 0. The van der Waals surface area contributed by atoms with Gasteiger partial charge in [0.05, 0.1) is 11.9 Å². The Kier molecular flexibility index (Phi) is 5.53. The van der Waals surface area contributed by atoms with Gasteiger partial charge in [0, 0.05) is 25.4 Å². The number of carbonyl (C=O) groups is 1. The number of benzene rings is 3. The zero-order valence-corrected chi connectivity index (χ0v) is 16.5. The number of aromatic nitrogens is 2. The monoisotopic (exact) mass is 402 g/mol. The van der Waals surface area contributed by atoms with Crippen LogP contribution in [0, 0.1) is 18.6 Å². The summed E-state index contributed by atoms with van der Waals surface area (Å²) in [7, 11) is 0. The fourth-order valence-corrected chi connectivity index (χ4v) is 3.51. The summed E-state index contributed by atoms with van der Waals surface area (Å²) < 4.78 is 29.7. The van der Waals surface area contributed by atoms with E-state index in [0.29, 0.717) is 5.56 Å². The van der Waals surface area contributed by atoms with E-state index in [1.807, 2.05) is 35.0 Å². The van der Waals surface area contributed by atoms with Crippen LogP contribution in [0.2, 0.25) is 0 Å². The quantitative estimate of drug-likeness (QED) is 0.393. The van der Waals surface area contributed by atoms with Crippen LogP contribution < -0.4 is 0 Å². The van der Waals surface area contributed by atoms with Crippen molar-refractivity contribution >= 4 is 5.78 Å². The summed E-state index contributed by atoms with van der Waals surface area (Å²) in [4.78, 5) is 16.4. The molecule has 0 spiro atoms. The predicted octanol–water partition coefficient (Wildman–Crippen LogP) is 5.61. The summed E-state index contributed by atoms with van der Waals surface area (Å²) in [6.07, 6.45) is 5.40. The molecule has 0 saturated heterocycles. The highest BCUT2D eigenvalue weighted by molar-refractivity contribution is 5.98. The molecule has 4 aromatic rings. The zero-order chi connectivity index (χ0) is 21.1. The lowest BCUT2D eigenvalue weighted by molar-refractivity contribution is 0.0985. The van der Waals surface area contributed by atoms with Gasteiger partial charge in [-0.25, -0.2) is 13.8 Å². The number of imidazole rings is 1. The summed E-state index contributed by atoms with van der Waals surface area (Å²) in [6, 6.07) is 17.3. The minimum Gasteiger partial charge on any atom is -0.333 e. The van der Waals surface area contributed by atoms with Gasteiger partial charge in [0.1, 0.15) is 11.6 Å². The minimum absolute atomic E-state index is 0.0578. The normalized spacial score (nSPS) is 10.9. The van der Waals surface area contributed by atoms with Crippen molar-refractivity contribution in [2.75, 3.05) is 0 Å². The first-order valence-corrected chi connectivity index (χ1v) is 9.63. The van der Waals surface area contributed by atoms with E-state index in [9.17, 15) is 13.6 Å². The number of hydrogen-bond donors (Lipinski definition) is 0. The fourth-order valence-electron chi connectivity index (χ4n) is 3.51. The van der Waals surface area contributed by atoms with Crippen LogP contribution in [0.5, 0.6) is 0 Å². The second-order valence-corrected chi connectivity index (χ2v) is 7.28. The molecule has 1 aromatic heterocycles. The number of hydrogen-bond acceptors (Lipinski definition) is 2. The first kappa shape index (κ1) is 19.7. The molecule has 0 fully saturated rings. The third-order valence-electron chi connectivity index (χ3n) is 5.10. The average molecular weight is 402 g/mol. The molecular weight excluding hydrogens is 382 g/mol. The molecule has 0 saturated carbocycles. The standard InChI is InChI=1S/C25H20F2N2O/c1-17-5-6-19(15-29-12-11-28-16-29)13-21(17)20-9-7-18(8-10-20)14-24(30)25-22(26)3-2-4-23(25)27/h2-13,16H,14-15H2,1H3. The second-order valence-electron chi connectivity index (χ2n) is 7.28. The van der Waals surface area contributed by atoms with Gasteiger partial charge in [0.15, 0.2) is 5.78 Å². The highest BCUT2D eigenvalue weighted by atomic mass is 19.1. The summed E-state index contributed by atoms with van der Waals surface area (Å²) >= 11 is 0. The number of aryl methyl sites for hydroxylation is 1. The number of ketones is 1. The molecule has 150 valence electrons. The highest BCUT2D eigenvalue weighted by Crippen LogP contribution is 2.26. The maximum atomic E-state index is 13.8. The van der Waals surface area contributed by atoms with Crippen LogP contribution in [0.3, 0.4) is 0 Å². The summed E-state index contributed by atoms with van der Waals surface area (Å²) in [5.74, 6) is -2.24. The number of carbonyl (C=O) groups excluding carboxylic acids is 1. The number of rotatable bonds is 6. The van der Waals surface area contributed by atoms with E-state index in [1.165, 1.54) is 6.07 Å². The van der Waals surface area contributed by atoms with Crippen molar-refractivity contribution in [1.82, 2.24) is 9.55 Å². The Morgan fingerprint density at radius 2 is 1.67 bits per heavy atom. The Morgan fingerprint density at radius 1 is 0.967 bits per heavy atom. The molecule has 0 aliphatic carbocycles. The molecule has 0 aliphatic heterocycles. The third-order valence-corrected chi connectivity index (χ3v) is 5.10. The summed E-state index contributed by atoms with van der Waals surface area (Å²) in [5.41, 5.74) is 4.65. The van der Waals surface area contributed by atoms with Gasteiger partial charge in [-0.05, 0) is 52.9 Å². The molecule has 3 aromatic carbocycles. The SMILES string of the molecule is Cc1ccc(Cn2ccnc2)cc1-c1ccc(CC(=O)c2c(F)cccc2F)cc1.